The molecule has 1 amide bonds. The minimum absolute atomic E-state index is 0.135. The van der Waals surface area contributed by atoms with E-state index in [0.717, 1.165) is 25.9 Å². The highest BCUT2D eigenvalue weighted by Gasteiger charge is 2.25. The fourth-order valence-electron chi connectivity index (χ4n) is 2.01. The molecule has 0 radical (unpaired) electrons. The Morgan fingerprint density at radius 2 is 2.19 bits per heavy atom. The third-order valence-corrected chi connectivity index (χ3v) is 3.13. The van der Waals surface area contributed by atoms with Crippen molar-refractivity contribution in [3.63, 3.8) is 0 Å². The topological polar surface area (TPSA) is 64.2 Å². The highest BCUT2D eigenvalue weighted by atomic mass is 16.2. The lowest BCUT2D eigenvalue weighted by atomic mass is 10.1. The SMILES string of the molecule is CC(C(=O)N1CCC(N)CC1)n1cccn1. The predicted molar refractivity (Wildman–Crippen MR) is 60.7 cm³/mol. The number of nitrogens with zero attached hydrogens (tertiary/aromatic N) is 3. The van der Waals surface area contributed by atoms with E-state index < -0.39 is 0 Å². The minimum atomic E-state index is -0.218. The lowest BCUT2D eigenvalue weighted by molar-refractivity contribution is -0.135. The maximum atomic E-state index is 12.1. The molecule has 2 N–H and O–H groups in total. The summed E-state index contributed by atoms with van der Waals surface area (Å²) in [5, 5.41) is 4.09. The monoisotopic (exact) mass is 222 g/mol. The smallest absolute Gasteiger partial charge is 0.247 e. The molecular weight excluding hydrogens is 204 g/mol. The summed E-state index contributed by atoms with van der Waals surface area (Å²) in [7, 11) is 0. The lowest BCUT2D eigenvalue weighted by Crippen LogP contribution is -2.45. The van der Waals surface area contributed by atoms with Crippen molar-refractivity contribution in [3.05, 3.63) is 18.5 Å². The van der Waals surface area contributed by atoms with Gasteiger partial charge < -0.3 is 10.6 Å². The van der Waals surface area contributed by atoms with E-state index in [1.807, 2.05) is 24.1 Å². The van der Waals surface area contributed by atoms with Gasteiger partial charge in [0.05, 0.1) is 0 Å². The van der Waals surface area contributed by atoms with Crippen molar-refractivity contribution >= 4 is 5.91 Å². The van der Waals surface area contributed by atoms with Gasteiger partial charge in [0.15, 0.2) is 0 Å². The van der Waals surface area contributed by atoms with Gasteiger partial charge in [-0.2, -0.15) is 5.10 Å². The van der Waals surface area contributed by atoms with Crippen molar-refractivity contribution in [1.82, 2.24) is 14.7 Å². The molecule has 16 heavy (non-hydrogen) atoms. The molecule has 1 aliphatic heterocycles. The Balaban J connectivity index is 1.97. The maximum absolute atomic E-state index is 12.1. The zero-order chi connectivity index (χ0) is 11.5. The summed E-state index contributed by atoms with van der Waals surface area (Å²) in [4.78, 5) is 14.0. The van der Waals surface area contributed by atoms with E-state index >= 15 is 0 Å². The number of piperidine rings is 1. The summed E-state index contributed by atoms with van der Waals surface area (Å²) in [5.41, 5.74) is 5.81. The summed E-state index contributed by atoms with van der Waals surface area (Å²) >= 11 is 0. The van der Waals surface area contributed by atoms with Gasteiger partial charge in [-0.25, -0.2) is 0 Å². The molecule has 1 aliphatic rings. The molecule has 0 saturated carbocycles. The van der Waals surface area contributed by atoms with Crippen LogP contribution in [-0.4, -0.2) is 39.7 Å². The first-order chi connectivity index (χ1) is 7.68. The minimum Gasteiger partial charge on any atom is -0.341 e. The van der Waals surface area contributed by atoms with Gasteiger partial charge in [-0.3, -0.25) is 9.48 Å². The van der Waals surface area contributed by atoms with E-state index in [2.05, 4.69) is 5.10 Å². The molecule has 5 heteroatoms. The first kappa shape index (κ1) is 11.1. The Kier molecular flexibility index (Phi) is 3.24. The predicted octanol–water partition coefficient (Wildman–Crippen LogP) is 0.394. The third kappa shape index (κ3) is 2.24. The van der Waals surface area contributed by atoms with Crippen LogP contribution in [0.2, 0.25) is 0 Å². The summed E-state index contributed by atoms with van der Waals surface area (Å²) in [6.45, 7) is 3.42. The molecule has 88 valence electrons. The van der Waals surface area contributed by atoms with E-state index in [4.69, 9.17) is 5.73 Å². The molecule has 1 aromatic heterocycles. The Hall–Kier alpha value is -1.36. The number of carbonyl (C=O) groups is 1. The molecule has 1 fully saturated rings. The van der Waals surface area contributed by atoms with Crippen molar-refractivity contribution in [3.8, 4) is 0 Å². The normalized spacial score (nSPS) is 19.8. The molecule has 5 nitrogen and oxygen atoms in total. The zero-order valence-electron chi connectivity index (χ0n) is 9.54. The second-order valence-electron chi connectivity index (χ2n) is 4.32. The van der Waals surface area contributed by atoms with E-state index in [9.17, 15) is 4.79 Å². The highest BCUT2D eigenvalue weighted by Crippen LogP contribution is 2.14. The fraction of sp³-hybridized carbons (Fsp3) is 0.636. The summed E-state index contributed by atoms with van der Waals surface area (Å²) in [6, 6.07) is 1.86. The van der Waals surface area contributed by atoms with Crippen LogP contribution in [0.25, 0.3) is 0 Å². The molecule has 1 unspecified atom stereocenters. The number of carbonyl (C=O) groups excluding carboxylic acids is 1. The van der Waals surface area contributed by atoms with Crippen molar-refractivity contribution in [2.45, 2.75) is 31.8 Å². The molecule has 0 spiro atoms. The number of nitrogens with two attached hydrogens (primary N) is 1. The van der Waals surface area contributed by atoms with Gasteiger partial charge in [0.1, 0.15) is 6.04 Å². The Bertz CT molecular complexity index is 341. The Morgan fingerprint density at radius 3 is 2.75 bits per heavy atom. The van der Waals surface area contributed by atoms with Crippen molar-refractivity contribution in [1.29, 1.82) is 0 Å². The maximum Gasteiger partial charge on any atom is 0.247 e. The van der Waals surface area contributed by atoms with Crippen molar-refractivity contribution in [2.75, 3.05) is 13.1 Å². The first-order valence-electron chi connectivity index (χ1n) is 5.72. The van der Waals surface area contributed by atoms with Gasteiger partial charge in [-0.1, -0.05) is 0 Å². The molecule has 0 aromatic carbocycles. The first-order valence-corrected chi connectivity index (χ1v) is 5.72. The van der Waals surface area contributed by atoms with E-state index in [1.54, 1.807) is 10.9 Å². The van der Waals surface area contributed by atoms with E-state index in [0.29, 0.717) is 0 Å². The number of hydrogen-bond acceptors (Lipinski definition) is 3. The second kappa shape index (κ2) is 4.65. The third-order valence-electron chi connectivity index (χ3n) is 3.13. The molecule has 1 saturated heterocycles. The average Bonchev–Trinajstić information content (AvgIpc) is 2.81. The Labute approximate surface area is 95.2 Å². The highest BCUT2D eigenvalue weighted by molar-refractivity contribution is 5.80. The van der Waals surface area contributed by atoms with Gasteiger partial charge in [-0.05, 0) is 25.8 Å². The van der Waals surface area contributed by atoms with Crippen LogP contribution in [0.5, 0.6) is 0 Å². The molecule has 2 rings (SSSR count). The summed E-state index contributed by atoms with van der Waals surface area (Å²) in [6.07, 6.45) is 5.31. The van der Waals surface area contributed by atoms with Crippen LogP contribution in [0, 0.1) is 0 Å². The molecule has 1 aromatic rings. The lowest BCUT2D eigenvalue weighted by Gasteiger charge is -2.32. The molecule has 2 heterocycles. The van der Waals surface area contributed by atoms with E-state index in [1.165, 1.54) is 0 Å². The molecular formula is C11H18N4O. The van der Waals surface area contributed by atoms with E-state index in [-0.39, 0.29) is 18.0 Å². The van der Waals surface area contributed by atoms with Crippen LogP contribution in [0.1, 0.15) is 25.8 Å². The summed E-state index contributed by atoms with van der Waals surface area (Å²) in [5.74, 6) is 0.135. The van der Waals surface area contributed by atoms with Crippen LogP contribution in [-0.2, 0) is 4.79 Å². The molecule has 1 atom stereocenters. The fourth-order valence-corrected chi connectivity index (χ4v) is 2.01. The number of rotatable bonds is 2. The van der Waals surface area contributed by atoms with Gasteiger partial charge in [0, 0.05) is 31.5 Å². The van der Waals surface area contributed by atoms with Crippen LogP contribution in [0.3, 0.4) is 0 Å². The average molecular weight is 222 g/mol. The second-order valence-corrected chi connectivity index (χ2v) is 4.32. The quantitative estimate of drug-likeness (QED) is 0.787. The Morgan fingerprint density at radius 1 is 1.50 bits per heavy atom. The van der Waals surface area contributed by atoms with Crippen molar-refractivity contribution in [2.24, 2.45) is 5.73 Å². The van der Waals surface area contributed by atoms with Crippen LogP contribution < -0.4 is 5.73 Å². The summed E-state index contributed by atoms with van der Waals surface area (Å²) < 4.78 is 1.69. The van der Waals surface area contributed by atoms with Gasteiger partial charge >= 0.3 is 0 Å². The molecule has 0 bridgehead atoms. The number of likely N-dealkylation sites (tertiary alicyclic amines) is 1. The van der Waals surface area contributed by atoms with Crippen molar-refractivity contribution < 1.29 is 4.79 Å². The largest absolute Gasteiger partial charge is 0.341 e. The zero-order valence-corrected chi connectivity index (χ0v) is 9.54. The van der Waals surface area contributed by atoms with Gasteiger partial charge in [-0.15, -0.1) is 0 Å². The van der Waals surface area contributed by atoms with Gasteiger partial charge in [0.25, 0.3) is 0 Å². The van der Waals surface area contributed by atoms with Crippen LogP contribution in [0.15, 0.2) is 18.5 Å². The number of hydrogen-bond donors (Lipinski definition) is 1. The number of aromatic nitrogens is 2. The number of amides is 1. The van der Waals surface area contributed by atoms with Crippen LogP contribution in [0.4, 0.5) is 0 Å². The molecule has 0 aliphatic carbocycles. The standard InChI is InChI=1S/C11H18N4O/c1-9(15-6-2-5-13-15)11(16)14-7-3-10(12)4-8-14/h2,5-6,9-10H,3-4,7-8,12H2,1H3. The van der Waals surface area contributed by atoms with Crippen LogP contribution >= 0.6 is 0 Å². The van der Waals surface area contributed by atoms with Gasteiger partial charge in [0.2, 0.25) is 5.91 Å².